The van der Waals surface area contributed by atoms with Gasteiger partial charge < -0.3 is 10.2 Å². The van der Waals surface area contributed by atoms with Gasteiger partial charge in [-0.25, -0.2) is 4.79 Å². The van der Waals surface area contributed by atoms with Crippen LogP contribution < -0.4 is 0 Å². The van der Waals surface area contributed by atoms with E-state index in [1.165, 1.54) is 0 Å². The van der Waals surface area contributed by atoms with Gasteiger partial charge in [-0.1, -0.05) is 24.3 Å². The normalized spacial score (nSPS) is 12.9. The highest BCUT2D eigenvalue weighted by Crippen LogP contribution is 2.37. The molecule has 0 atom stereocenters. The Morgan fingerprint density at radius 3 is 1.32 bits per heavy atom. The smallest absolute Gasteiger partial charge is 0.416 e. The molecular formula is C16H10F6O3. The van der Waals surface area contributed by atoms with Gasteiger partial charge in [-0.2, -0.15) is 26.3 Å². The standard InChI is InChI=1S/C16H10F6O3/c17-15(18,19)11-5-1-3-9(7-11)14(25,13(23)24)10-4-2-6-12(8-10)16(20,21)22/h1-8,25H,(H,23,24). The highest BCUT2D eigenvalue weighted by molar-refractivity contribution is 5.83. The lowest BCUT2D eigenvalue weighted by Crippen LogP contribution is -2.37. The molecule has 0 aliphatic rings. The van der Waals surface area contributed by atoms with Crippen LogP contribution in [0.1, 0.15) is 22.3 Å². The molecule has 9 heteroatoms. The van der Waals surface area contributed by atoms with Gasteiger partial charge in [-0.15, -0.1) is 0 Å². The first-order valence-electron chi connectivity index (χ1n) is 6.68. The van der Waals surface area contributed by atoms with Gasteiger partial charge in [0.05, 0.1) is 11.1 Å². The number of carboxylic acid groups (broad SMARTS) is 1. The molecule has 2 aromatic rings. The van der Waals surface area contributed by atoms with Gasteiger partial charge in [-0.3, -0.25) is 0 Å². The minimum Gasteiger partial charge on any atom is -0.479 e. The fraction of sp³-hybridized carbons (Fsp3) is 0.188. The van der Waals surface area contributed by atoms with E-state index in [9.17, 15) is 41.4 Å². The zero-order valence-electron chi connectivity index (χ0n) is 12.2. The van der Waals surface area contributed by atoms with Crippen LogP contribution >= 0.6 is 0 Å². The monoisotopic (exact) mass is 364 g/mol. The number of alkyl halides is 6. The molecule has 0 aliphatic carbocycles. The Labute approximate surface area is 137 Å². The van der Waals surface area contributed by atoms with Crippen molar-refractivity contribution >= 4 is 5.97 Å². The van der Waals surface area contributed by atoms with Crippen LogP contribution in [0.2, 0.25) is 0 Å². The van der Waals surface area contributed by atoms with Crippen molar-refractivity contribution in [3.63, 3.8) is 0 Å². The third kappa shape index (κ3) is 3.60. The summed E-state index contributed by atoms with van der Waals surface area (Å²) in [6.45, 7) is 0. The number of carboxylic acids is 1. The summed E-state index contributed by atoms with van der Waals surface area (Å²) in [5, 5.41) is 19.8. The van der Waals surface area contributed by atoms with Gasteiger partial charge in [0.15, 0.2) is 0 Å². The fourth-order valence-electron chi connectivity index (χ4n) is 2.25. The number of rotatable bonds is 3. The lowest BCUT2D eigenvalue weighted by molar-refractivity contribution is -0.155. The maximum Gasteiger partial charge on any atom is 0.416 e. The van der Waals surface area contributed by atoms with Gasteiger partial charge in [0.1, 0.15) is 0 Å². The van der Waals surface area contributed by atoms with Crippen molar-refractivity contribution in [3.05, 3.63) is 70.8 Å². The van der Waals surface area contributed by atoms with Crippen molar-refractivity contribution in [2.75, 3.05) is 0 Å². The first kappa shape index (κ1) is 18.8. The average Bonchev–Trinajstić information content (AvgIpc) is 2.52. The van der Waals surface area contributed by atoms with Crippen LogP contribution in [0.15, 0.2) is 48.5 Å². The Morgan fingerprint density at radius 2 is 1.04 bits per heavy atom. The zero-order valence-corrected chi connectivity index (χ0v) is 12.2. The van der Waals surface area contributed by atoms with E-state index in [1.54, 1.807) is 0 Å². The summed E-state index contributed by atoms with van der Waals surface area (Å²) in [4.78, 5) is 11.5. The summed E-state index contributed by atoms with van der Waals surface area (Å²) in [7, 11) is 0. The quantitative estimate of drug-likeness (QED) is 0.808. The van der Waals surface area contributed by atoms with Crippen LogP contribution in [-0.2, 0) is 22.7 Å². The molecule has 2 aromatic carbocycles. The lowest BCUT2D eigenvalue weighted by atomic mass is 9.85. The number of carbonyl (C=O) groups is 1. The Morgan fingerprint density at radius 1 is 0.720 bits per heavy atom. The molecule has 0 amide bonds. The van der Waals surface area contributed by atoms with E-state index in [-0.39, 0.29) is 0 Å². The number of hydrogen-bond donors (Lipinski definition) is 2. The Balaban J connectivity index is 2.67. The molecule has 0 fully saturated rings. The summed E-state index contributed by atoms with van der Waals surface area (Å²) < 4.78 is 76.8. The molecular weight excluding hydrogens is 354 g/mol. The molecule has 0 spiro atoms. The Kier molecular flexibility index (Phi) is 4.56. The van der Waals surface area contributed by atoms with Crippen LogP contribution in [0.4, 0.5) is 26.3 Å². The summed E-state index contributed by atoms with van der Waals surface area (Å²) in [5.41, 5.74) is -6.99. The van der Waals surface area contributed by atoms with E-state index in [0.717, 1.165) is 24.3 Å². The highest BCUT2D eigenvalue weighted by Gasteiger charge is 2.43. The van der Waals surface area contributed by atoms with Crippen molar-refractivity contribution in [1.29, 1.82) is 0 Å². The van der Waals surface area contributed by atoms with Crippen LogP contribution in [-0.4, -0.2) is 16.2 Å². The molecule has 0 saturated heterocycles. The number of aliphatic hydroxyl groups is 1. The van der Waals surface area contributed by atoms with Gasteiger partial charge in [0, 0.05) is 11.1 Å². The van der Waals surface area contributed by atoms with E-state index < -0.39 is 46.2 Å². The predicted octanol–water partition coefficient (Wildman–Crippen LogP) is 4.04. The third-order valence-electron chi connectivity index (χ3n) is 3.52. The molecule has 0 saturated carbocycles. The van der Waals surface area contributed by atoms with E-state index in [4.69, 9.17) is 0 Å². The van der Waals surface area contributed by atoms with Crippen LogP contribution in [0, 0.1) is 0 Å². The molecule has 0 bridgehead atoms. The van der Waals surface area contributed by atoms with Crippen molar-refractivity contribution in [2.45, 2.75) is 18.0 Å². The maximum atomic E-state index is 12.8. The van der Waals surface area contributed by atoms with E-state index in [2.05, 4.69) is 0 Å². The summed E-state index contributed by atoms with van der Waals surface area (Å²) in [6, 6.07) is 5.57. The van der Waals surface area contributed by atoms with Gasteiger partial charge >= 0.3 is 18.3 Å². The first-order chi connectivity index (χ1) is 11.4. The topological polar surface area (TPSA) is 57.5 Å². The molecule has 3 nitrogen and oxygen atoms in total. The van der Waals surface area contributed by atoms with Crippen LogP contribution in [0.5, 0.6) is 0 Å². The van der Waals surface area contributed by atoms with Gasteiger partial charge in [0.2, 0.25) is 5.60 Å². The van der Waals surface area contributed by atoms with Crippen molar-refractivity contribution in [3.8, 4) is 0 Å². The Hall–Kier alpha value is -2.55. The minimum absolute atomic E-state index is 0.383. The second kappa shape index (κ2) is 6.07. The third-order valence-corrected chi connectivity index (χ3v) is 3.52. The molecule has 25 heavy (non-hydrogen) atoms. The molecule has 0 unspecified atom stereocenters. The SMILES string of the molecule is O=C(O)C(O)(c1cccc(C(F)(F)F)c1)c1cccc(C(F)(F)F)c1. The first-order valence-corrected chi connectivity index (χ1v) is 6.68. The zero-order chi connectivity index (χ0) is 19.0. The molecule has 0 heterocycles. The van der Waals surface area contributed by atoms with Gasteiger partial charge in [-0.05, 0) is 24.3 Å². The molecule has 134 valence electrons. The second-order valence-corrected chi connectivity index (χ2v) is 5.17. The number of halogens is 6. The summed E-state index contributed by atoms with van der Waals surface area (Å²) in [6.07, 6.45) is -9.63. The molecule has 2 N–H and O–H groups in total. The van der Waals surface area contributed by atoms with E-state index in [1.807, 2.05) is 0 Å². The molecule has 0 aliphatic heterocycles. The number of hydrogen-bond acceptors (Lipinski definition) is 2. The predicted molar refractivity (Wildman–Crippen MR) is 73.5 cm³/mol. The summed E-state index contributed by atoms with van der Waals surface area (Å²) in [5.74, 6) is -2.01. The largest absolute Gasteiger partial charge is 0.479 e. The minimum atomic E-state index is -4.82. The van der Waals surface area contributed by atoms with Crippen LogP contribution in [0.25, 0.3) is 0 Å². The highest BCUT2D eigenvalue weighted by atomic mass is 19.4. The molecule has 0 aromatic heterocycles. The Bertz CT molecular complexity index is 737. The van der Waals surface area contributed by atoms with Crippen molar-refractivity contribution < 1.29 is 41.4 Å². The molecule has 0 radical (unpaired) electrons. The average molecular weight is 364 g/mol. The fourth-order valence-corrected chi connectivity index (χ4v) is 2.25. The lowest BCUT2D eigenvalue weighted by Gasteiger charge is -2.26. The van der Waals surface area contributed by atoms with Crippen molar-refractivity contribution in [1.82, 2.24) is 0 Å². The second-order valence-electron chi connectivity index (χ2n) is 5.17. The molecule has 2 rings (SSSR count). The van der Waals surface area contributed by atoms with Gasteiger partial charge in [0.25, 0.3) is 0 Å². The van der Waals surface area contributed by atoms with E-state index in [0.29, 0.717) is 24.3 Å². The number of aliphatic carboxylic acids is 1. The summed E-state index contributed by atoms with van der Waals surface area (Å²) >= 11 is 0. The number of benzene rings is 2. The van der Waals surface area contributed by atoms with Crippen molar-refractivity contribution in [2.24, 2.45) is 0 Å². The maximum absolute atomic E-state index is 12.8. The van der Waals surface area contributed by atoms with E-state index >= 15 is 0 Å². The van der Waals surface area contributed by atoms with Crippen LogP contribution in [0.3, 0.4) is 0 Å².